The second-order valence-electron chi connectivity index (χ2n) is 8.75. The third kappa shape index (κ3) is 8.61. The Balaban J connectivity index is 0.000000655. The van der Waals surface area contributed by atoms with Gasteiger partial charge in [0.15, 0.2) is 0 Å². The number of benzene rings is 1. The second-order valence-corrected chi connectivity index (χ2v) is 8.75. The first kappa shape index (κ1) is 28.2. The zero-order valence-corrected chi connectivity index (χ0v) is 20.6. The minimum absolute atomic E-state index is 0.250. The van der Waals surface area contributed by atoms with Crippen LogP contribution in [0.4, 0.5) is 0 Å². The van der Waals surface area contributed by atoms with E-state index in [-0.39, 0.29) is 12.9 Å². The average Bonchev–Trinajstić information content (AvgIpc) is 3.43. The standard InChI is InChI=1S/C24H33N3O2.2CH2O2/c1-3-26-15-21(16-29-17-22-8-4-5-11-25-22)24(18-26)10-12-27(19-24)14-20-7-6-9-23(13-20)28-2;2*2-1-3/h4-9,11,13,21H,3,10,12,14-19H2,1-2H3;2*1H,(H,2,3)/t21-,24-;;/m1../s1. The van der Waals surface area contributed by atoms with Gasteiger partial charge in [0.25, 0.3) is 12.9 Å². The lowest BCUT2D eigenvalue weighted by atomic mass is 9.77. The molecule has 3 heterocycles. The summed E-state index contributed by atoms with van der Waals surface area (Å²) in [5.74, 6) is 1.52. The Morgan fingerprint density at radius 2 is 1.86 bits per heavy atom. The number of carboxylic acid groups (broad SMARTS) is 2. The van der Waals surface area contributed by atoms with Crippen LogP contribution in [0.3, 0.4) is 0 Å². The lowest BCUT2D eigenvalue weighted by Gasteiger charge is -2.30. The predicted octanol–water partition coefficient (Wildman–Crippen LogP) is 2.85. The van der Waals surface area contributed by atoms with Crippen molar-refractivity contribution in [1.29, 1.82) is 0 Å². The van der Waals surface area contributed by atoms with Gasteiger partial charge in [-0.2, -0.15) is 0 Å². The lowest BCUT2D eigenvalue weighted by molar-refractivity contribution is -0.123. The number of pyridine rings is 1. The maximum absolute atomic E-state index is 8.36. The first-order valence-electron chi connectivity index (χ1n) is 11.7. The molecule has 2 N–H and O–H groups in total. The Kier molecular flexibility index (Phi) is 12.2. The second kappa shape index (κ2) is 15.1. The Bertz CT molecular complexity index is 878. The van der Waals surface area contributed by atoms with Gasteiger partial charge in [0.2, 0.25) is 0 Å². The maximum atomic E-state index is 8.36. The molecule has 9 heteroatoms. The molecule has 2 saturated heterocycles. The van der Waals surface area contributed by atoms with Crippen molar-refractivity contribution < 1.29 is 29.3 Å². The van der Waals surface area contributed by atoms with Crippen LogP contribution in [0.15, 0.2) is 48.7 Å². The molecule has 192 valence electrons. The Labute approximate surface area is 207 Å². The summed E-state index contributed by atoms with van der Waals surface area (Å²) >= 11 is 0. The molecule has 0 amide bonds. The van der Waals surface area contributed by atoms with Crippen molar-refractivity contribution in [1.82, 2.24) is 14.8 Å². The molecule has 2 aliphatic rings. The van der Waals surface area contributed by atoms with Crippen molar-refractivity contribution in [2.75, 3.05) is 46.4 Å². The first-order valence-corrected chi connectivity index (χ1v) is 11.7. The highest BCUT2D eigenvalue weighted by Crippen LogP contribution is 2.44. The first-order chi connectivity index (χ1) is 17.0. The number of rotatable bonds is 8. The van der Waals surface area contributed by atoms with Crippen molar-refractivity contribution >= 4 is 12.9 Å². The highest BCUT2D eigenvalue weighted by Gasteiger charge is 2.49. The minimum Gasteiger partial charge on any atom is -0.497 e. The van der Waals surface area contributed by atoms with Gasteiger partial charge < -0.3 is 24.6 Å². The quantitative estimate of drug-likeness (QED) is 0.543. The van der Waals surface area contributed by atoms with Gasteiger partial charge in [-0.1, -0.05) is 25.1 Å². The van der Waals surface area contributed by atoms with E-state index in [0.29, 0.717) is 17.9 Å². The van der Waals surface area contributed by atoms with Crippen LogP contribution in [-0.2, 0) is 27.5 Å². The van der Waals surface area contributed by atoms with Gasteiger partial charge in [0.1, 0.15) is 5.75 Å². The monoisotopic (exact) mass is 487 g/mol. The smallest absolute Gasteiger partial charge is 0.290 e. The number of aromatic nitrogens is 1. The average molecular weight is 488 g/mol. The van der Waals surface area contributed by atoms with Crippen LogP contribution >= 0.6 is 0 Å². The summed E-state index contributed by atoms with van der Waals surface area (Å²) in [4.78, 5) is 26.3. The molecule has 2 fully saturated rings. The predicted molar refractivity (Wildman–Crippen MR) is 132 cm³/mol. The molecule has 9 nitrogen and oxygen atoms in total. The van der Waals surface area contributed by atoms with E-state index in [9.17, 15) is 0 Å². The highest BCUT2D eigenvalue weighted by atomic mass is 16.5. The van der Waals surface area contributed by atoms with Gasteiger partial charge >= 0.3 is 0 Å². The van der Waals surface area contributed by atoms with Crippen LogP contribution in [0.5, 0.6) is 5.75 Å². The molecular weight excluding hydrogens is 450 g/mol. The van der Waals surface area contributed by atoms with E-state index in [1.807, 2.05) is 30.5 Å². The van der Waals surface area contributed by atoms with Gasteiger partial charge in [-0.15, -0.1) is 0 Å². The van der Waals surface area contributed by atoms with Crippen molar-refractivity contribution in [2.45, 2.75) is 26.5 Å². The minimum atomic E-state index is -0.250. The van der Waals surface area contributed by atoms with E-state index in [4.69, 9.17) is 29.3 Å². The van der Waals surface area contributed by atoms with E-state index < -0.39 is 0 Å². The summed E-state index contributed by atoms with van der Waals surface area (Å²) in [6.45, 7) is 9.95. The van der Waals surface area contributed by atoms with Crippen LogP contribution < -0.4 is 4.74 Å². The van der Waals surface area contributed by atoms with Gasteiger partial charge in [-0.05, 0) is 49.3 Å². The molecule has 2 aliphatic heterocycles. The lowest BCUT2D eigenvalue weighted by Crippen LogP contribution is -2.36. The number of carbonyl (C=O) groups is 2. The summed E-state index contributed by atoms with van der Waals surface area (Å²) in [7, 11) is 1.73. The molecule has 35 heavy (non-hydrogen) atoms. The number of methoxy groups -OCH3 is 1. The van der Waals surface area contributed by atoms with Gasteiger partial charge in [0.05, 0.1) is 26.0 Å². The highest BCUT2D eigenvalue weighted by molar-refractivity contribution is 5.33. The molecule has 0 bridgehead atoms. The number of nitrogens with zero attached hydrogens (tertiary/aromatic N) is 3. The summed E-state index contributed by atoms with van der Waals surface area (Å²) < 4.78 is 11.5. The summed E-state index contributed by atoms with van der Waals surface area (Å²) in [5.41, 5.74) is 2.69. The SMILES string of the molecule is CCN1C[C@H](COCc2ccccn2)[C@]2(CCN(Cc3cccc(OC)c3)C2)C1.O=CO.O=CO. The van der Waals surface area contributed by atoms with Gasteiger partial charge in [0, 0.05) is 43.7 Å². The van der Waals surface area contributed by atoms with E-state index in [2.05, 4.69) is 39.9 Å². The summed E-state index contributed by atoms with van der Waals surface area (Å²) in [6, 6.07) is 14.5. The molecule has 1 aromatic carbocycles. The van der Waals surface area contributed by atoms with Crippen LogP contribution in [0, 0.1) is 11.3 Å². The molecule has 2 aromatic rings. The molecule has 1 aromatic heterocycles. The molecule has 0 radical (unpaired) electrons. The Hall–Kier alpha value is -3.01. The Morgan fingerprint density at radius 3 is 2.51 bits per heavy atom. The van der Waals surface area contributed by atoms with E-state index in [1.165, 1.54) is 18.5 Å². The van der Waals surface area contributed by atoms with E-state index in [0.717, 1.165) is 50.8 Å². The normalized spacial score (nSPS) is 21.5. The maximum Gasteiger partial charge on any atom is 0.290 e. The van der Waals surface area contributed by atoms with Crippen LogP contribution in [0.1, 0.15) is 24.6 Å². The topological polar surface area (TPSA) is 112 Å². The third-order valence-corrected chi connectivity index (χ3v) is 6.63. The molecule has 4 rings (SSSR count). The summed E-state index contributed by atoms with van der Waals surface area (Å²) in [6.07, 6.45) is 3.09. The zero-order valence-electron chi connectivity index (χ0n) is 20.6. The molecular formula is C26H37N3O6. The molecule has 2 atom stereocenters. The fourth-order valence-electron chi connectivity index (χ4n) is 5.01. The van der Waals surface area contributed by atoms with Crippen molar-refractivity contribution in [3.05, 3.63) is 59.9 Å². The van der Waals surface area contributed by atoms with Crippen LogP contribution in [0.2, 0.25) is 0 Å². The van der Waals surface area contributed by atoms with Crippen molar-refractivity contribution in [2.24, 2.45) is 11.3 Å². The zero-order chi connectivity index (χ0) is 25.5. The number of hydrogen-bond acceptors (Lipinski definition) is 7. The van der Waals surface area contributed by atoms with Crippen molar-refractivity contribution in [3.63, 3.8) is 0 Å². The van der Waals surface area contributed by atoms with E-state index >= 15 is 0 Å². The fourth-order valence-corrected chi connectivity index (χ4v) is 5.01. The molecule has 1 spiro atoms. The number of hydrogen-bond donors (Lipinski definition) is 2. The molecule has 0 aliphatic carbocycles. The Morgan fingerprint density at radius 1 is 1.11 bits per heavy atom. The van der Waals surface area contributed by atoms with E-state index in [1.54, 1.807) is 7.11 Å². The molecule has 0 saturated carbocycles. The van der Waals surface area contributed by atoms with Crippen LogP contribution in [0.25, 0.3) is 0 Å². The third-order valence-electron chi connectivity index (χ3n) is 6.63. The number of ether oxygens (including phenoxy) is 2. The van der Waals surface area contributed by atoms with Gasteiger partial charge in [-0.25, -0.2) is 0 Å². The van der Waals surface area contributed by atoms with Crippen molar-refractivity contribution in [3.8, 4) is 5.75 Å². The largest absolute Gasteiger partial charge is 0.497 e. The molecule has 0 unspecified atom stereocenters. The number of likely N-dealkylation sites (tertiary alicyclic amines) is 2. The fraction of sp³-hybridized carbons (Fsp3) is 0.500. The van der Waals surface area contributed by atoms with Gasteiger partial charge in [-0.3, -0.25) is 19.5 Å². The van der Waals surface area contributed by atoms with Crippen LogP contribution in [-0.4, -0.2) is 84.4 Å². The summed E-state index contributed by atoms with van der Waals surface area (Å²) in [5, 5.41) is 13.8.